The Kier molecular flexibility index (Phi) is 9.35. The Morgan fingerprint density at radius 2 is 1.97 bits per heavy atom. The van der Waals surface area contributed by atoms with Crippen LogP contribution < -0.4 is 10.2 Å². The van der Waals surface area contributed by atoms with Gasteiger partial charge in [-0.3, -0.25) is 4.99 Å². The molecule has 3 rings (SSSR count). The van der Waals surface area contributed by atoms with Crippen LogP contribution in [0.2, 0.25) is 0 Å². The van der Waals surface area contributed by atoms with Crippen LogP contribution in [0.1, 0.15) is 26.1 Å². The van der Waals surface area contributed by atoms with Crippen molar-refractivity contribution in [1.29, 1.82) is 0 Å². The number of piperazine rings is 1. The summed E-state index contributed by atoms with van der Waals surface area (Å²) >= 11 is 1.48. The van der Waals surface area contributed by atoms with Gasteiger partial charge >= 0.3 is 0 Å². The molecule has 2 aliphatic rings. The second-order valence-corrected chi connectivity index (χ2v) is 10.0. The Morgan fingerprint density at radius 3 is 2.52 bits per heavy atom. The SMILES string of the molecule is CCNC(=NCC1CCN(S(C)(=O)=O)C1)N1CCN(c2nc(CC)ns2)CC1.I. The molecule has 2 saturated heterocycles. The normalized spacial score (nSPS) is 21.3. The largest absolute Gasteiger partial charge is 0.357 e. The van der Waals surface area contributed by atoms with Gasteiger partial charge in [-0.05, 0) is 19.3 Å². The lowest BCUT2D eigenvalue weighted by Crippen LogP contribution is -2.52. The molecule has 1 N–H and O–H groups in total. The first kappa shape index (κ1) is 24.5. The van der Waals surface area contributed by atoms with Gasteiger partial charge in [0.1, 0.15) is 5.82 Å². The summed E-state index contributed by atoms with van der Waals surface area (Å²) in [5, 5.41) is 4.39. The smallest absolute Gasteiger partial charge is 0.211 e. The minimum atomic E-state index is -3.09. The predicted octanol–water partition coefficient (Wildman–Crippen LogP) is 1.09. The highest BCUT2D eigenvalue weighted by atomic mass is 127. The maximum atomic E-state index is 11.7. The molecule has 1 atom stereocenters. The summed E-state index contributed by atoms with van der Waals surface area (Å²) < 4.78 is 29.3. The van der Waals surface area contributed by atoms with Gasteiger partial charge in [-0.15, -0.1) is 24.0 Å². The zero-order chi connectivity index (χ0) is 20.1. The molecule has 0 amide bonds. The second kappa shape index (κ2) is 11.0. The van der Waals surface area contributed by atoms with Crippen LogP contribution >= 0.6 is 35.5 Å². The third kappa shape index (κ3) is 6.62. The number of anilines is 1. The Morgan fingerprint density at radius 1 is 1.24 bits per heavy atom. The lowest BCUT2D eigenvalue weighted by atomic mass is 10.1. The Bertz CT molecular complexity index is 778. The van der Waals surface area contributed by atoms with Crippen LogP contribution in [0.5, 0.6) is 0 Å². The number of aromatic nitrogens is 2. The molecule has 12 heteroatoms. The minimum Gasteiger partial charge on any atom is -0.357 e. The number of sulfonamides is 1. The fourth-order valence-electron chi connectivity index (χ4n) is 3.52. The summed E-state index contributed by atoms with van der Waals surface area (Å²) in [5.41, 5.74) is 0. The van der Waals surface area contributed by atoms with Crippen LogP contribution in [0, 0.1) is 5.92 Å². The van der Waals surface area contributed by atoms with Gasteiger partial charge in [-0.1, -0.05) is 6.92 Å². The van der Waals surface area contributed by atoms with Crippen molar-refractivity contribution in [2.24, 2.45) is 10.9 Å². The van der Waals surface area contributed by atoms with Crippen LogP contribution in [-0.2, 0) is 16.4 Å². The van der Waals surface area contributed by atoms with E-state index in [1.165, 1.54) is 17.8 Å². The van der Waals surface area contributed by atoms with Gasteiger partial charge in [0.25, 0.3) is 0 Å². The Balaban J connectivity index is 0.00000300. The van der Waals surface area contributed by atoms with Crippen LogP contribution in [0.15, 0.2) is 4.99 Å². The molecule has 0 aromatic carbocycles. The van der Waals surface area contributed by atoms with E-state index in [0.29, 0.717) is 25.6 Å². The third-order valence-electron chi connectivity index (χ3n) is 5.18. The van der Waals surface area contributed by atoms with E-state index in [2.05, 4.69) is 38.3 Å². The highest BCUT2D eigenvalue weighted by Crippen LogP contribution is 2.20. The van der Waals surface area contributed by atoms with E-state index in [1.807, 2.05) is 0 Å². The van der Waals surface area contributed by atoms with Crippen molar-refractivity contribution < 1.29 is 8.42 Å². The van der Waals surface area contributed by atoms with Crippen molar-refractivity contribution in [2.75, 3.05) is 63.5 Å². The average Bonchev–Trinajstić information content (AvgIpc) is 3.34. The molecule has 166 valence electrons. The second-order valence-electron chi connectivity index (χ2n) is 7.29. The van der Waals surface area contributed by atoms with Gasteiger partial charge in [0.15, 0.2) is 5.96 Å². The first-order valence-electron chi connectivity index (χ1n) is 9.96. The monoisotopic (exact) mass is 557 g/mol. The summed E-state index contributed by atoms with van der Waals surface area (Å²) in [6, 6.07) is 0. The van der Waals surface area contributed by atoms with E-state index in [0.717, 1.165) is 62.5 Å². The molecule has 0 radical (unpaired) electrons. The fraction of sp³-hybridized carbons (Fsp3) is 0.824. The third-order valence-corrected chi connectivity index (χ3v) is 7.26. The van der Waals surface area contributed by atoms with Crippen molar-refractivity contribution in [2.45, 2.75) is 26.7 Å². The predicted molar refractivity (Wildman–Crippen MR) is 129 cm³/mol. The van der Waals surface area contributed by atoms with Crippen LogP contribution in [0.3, 0.4) is 0 Å². The molecule has 1 aromatic rings. The molecule has 29 heavy (non-hydrogen) atoms. The van der Waals surface area contributed by atoms with Crippen LogP contribution in [0.4, 0.5) is 5.13 Å². The summed E-state index contributed by atoms with van der Waals surface area (Å²) in [4.78, 5) is 14.0. The van der Waals surface area contributed by atoms with Gasteiger partial charge in [0.2, 0.25) is 15.2 Å². The number of guanidine groups is 1. The molecular formula is C17H32IN7O2S2. The van der Waals surface area contributed by atoms with E-state index in [9.17, 15) is 8.42 Å². The molecule has 0 aliphatic carbocycles. The maximum absolute atomic E-state index is 11.7. The van der Waals surface area contributed by atoms with E-state index in [-0.39, 0.29) is 24.0 Å². The van der Waals surface area contributed by atoms with Crippen LogP contribution in [0.25, 0.3) is 0 Å². The van der Waals surface area contributed by atoms with E-state index < -0.39 is 10.0 Å². The van der Waals surface area contributed by atoms with Crippen molar-refractivity contribution in [3.8, 4) is 0 Å². The molecule has 9 nitrogen and oxygen atoms in total. The summed E-state index contributed by atoms with van der Waals surface area (Å²) in [6.07, 6.45) is 3.02. The molecule has 2 fully saturated rings. The number of halogens is 1. The van der Waals surface area contributed by atoms with Crippen molar-refractivity contribution in [1.82, 2.24) is 23.9 Å². The Hall–Kier alpha value is -0.730. The number of hydrogen-bond donors (Lipinski definition) is 1. The standard InChI is InChI=1S/C17H31N7O2S2.HI/c1-4-15-20-17(27-21-15)23-10-8-22(9-11-23)16(18-5-2)19-12-14-6-7-24(13-14)28(3,25)26;/h14H,4-13H2,1-3H3,(H,18,19);1H. The van der Waals surface area contributed by atoms with Gasteiger partial charge in [-0.25, -0.2) is 17.7 Å². The van der Waals surface area contributed by atoms with E-state index in [1.54, 1.807) is 4.31 Å². The summed E-state index contributed by atoms with van der Waals surface area (Å²) in [7, 11) is -3.09. The maximum Gasteiger partial charge on any atom is 0.211 e. The number of nitrogens with zero attached hydrogens (tertiary/aromatic N) is 6. The molecular weight excluding hydrogens is 525 g/mol. The molecule has 2 aliphatic heterocycles. The number of hydrogen-bond acceptors (Lipinski definition) is 7. The van der Waals surface area contributed by atoms with Gasteiger partial charge in [0, 0.05) is 70.3 Å². The zero-order valence-corrected chi connectivity index (χ0v) is 21.3. The number of nitrogens with one attached hydrogen (secondary N) is 1. The van der Waals surface area contributed by atoms with Gasteiger partial charge in [-0.2, -0.15) is 4.37 Å². The lowest BCUT2D eigenvalue weighted by molar-refractivity contribution is 0.371. The molecule has 0 spiro atoms. The van der Waals surface area contributed by atoms with E-state index in [4.69, 9.17) is 4.99 Å². The van der Waals surface area contributed by atoms with E-state index >= 15 is 0 Å². The lowest BCUT2D eigenvalue weighted by Gasteiger charge is -2.36. The van der Waals surface area contributed by atoms with Crippen LogP contribution in [-0.4, -0.2) is 91.6 Å². The van der Waals surface area contributed by atoms with Gasteiger partial charge in [0.05, 0.1) is 6.26 Å². The highest BCUT2D eigenvalue weighted by molar-refractivity contribution is 14.0. The van der Waals surface area contributed by atoms with Crippen molar-refractivity contribution in [3.05, 3.63) is 5.82 Å². The Labute approximate surface area is 195 Å². The topological polar surface area (TPSA) is 94.0 Å². The van der Waals surface area contributed by atoms with Gasteiger partial charge < -0.3 is 15.1 Å². The number of rotatable bonds is 6. The minimum absolute atomic E-state index is 0. The zero-order valence-electron chi connectivity index (χ0n) is 17.4. The highest BCUT2D eigenvalue weighted by Gasteiger charge is 2.29. The average molecular weight is 558 g/mol. The fourth-order valence-corrected chi connectivity index (χ4v) is 5.23. The molecule has 0 bridgehead atoms. The summed E-state index contributed by atoms with van der Waals surface area (Å²) in [6.45, 7) is 10.4. The quantitative estimate of drug-likeness (QED) is 0.318. The molecule has 3 heterocycles. The number of aliphatic imine (C=N–C) groups is 1. The van der Waals surface area contributed by atoms with Crippen molar-refractivity contribution in [3.63, 3.8) is 0 Å². The molecule has 1 aromatic heterocycles. The molecule has 1 unspecified atom stereocenters. The number of aryl methyl sites for hydroxylation is 1. The first-order chi connectivity index (χ1) is 13.4. The molecule has 0 saturated carbocycles. The van der Waals surface area contributed by atoms with Crippen molar-refractivity contribution >= 4 is 56.6 Å². The first-order valence-corrected chi connectivity index (χ1v) is 12.6. The summed E-state index contributed by atoms with van der Waals surface area (Å²) in [5.74, 6) is 2.13.